The van der Waals surface area contributed by atoms with E-state index in [1.165, 1.54) is 17.0 Å². The van der Waals surface area contributed by atoms with Crippen LogP contribution in [-0.2, 0) is 29.8 Å². The van der Waals surface area contributed by atoms with Crippen LogP contribution in [0.25, 0.3) is 0 Å². The first-order chi connectivity index (χ1) is 22.2. The summed E-state index contributed by atoms with van der Waals surface area (Å²) in [5, 5.41) is 9.48. The SMILES string of the molecule is CNC(C(=O)NC(C(=O)N(C)/C(=C/C(C)C(=O)NS(=O)(=O)c1ccc(C)cc1)C(C)C)C(C)(C)C)C(C)(C)c1ccc(NCCS)cc1. The zero-order valence-corrected chi connectivity index (χ0v) is 32.0. The Bertz CT molecular complexity index is 1550. The average molecular weight is 702 g/mol. The molecule has 12 heteroatoms. The van der Waals surface area contributed by atoms with Gasteiger partial charge in [-0.3, -0.25) is 14.4 Å². The first-order valence-electron chi connectivity index (χ1n) is 16.2. The van der Waals surface area contributed by atoms with Crippen LogP contribution >= 0.6 is 12.6 Å². The van der Waals surface area contributed by atoms with Gasteiger partial charge in [0.05, 0.1) is 16.9 Å². The number of rotatable bonds is 15. The smallest absolute Gasteiger partial charge is 0.264 e. The number of amides is 3. The van der Waals surface area contributed by atoms with Crippen molar-refractivity contribution in [3.8, 4) is 0 Å². The number of allylic oxidation sites excluding steroid dienone is 1. The fourth-order valence-electron chi connectivity index (χ4n) is 5.42. The summed E-state index contributed by atoms with van der Waals surface area (Å²) in [5.41, 5.74) is 2.02. The molecule has 4 N–H and O–H groups in total. The molecule has 0 radical (unpaired) electrons. The van der Waals surface area contributed by atoms with Crippen LogP contribution < -0.4 is 20.7 Å². The van der Waals surface area contributed by atoms with Crippen molar-refractivity contribution >= 4 is 46.1 Å². The van der Waals surface area contributed by atoms with E-state index < -0.39 is 44.8 Å². The monoisotopic (exact) mass is 701 g/mol. The summed E-state index contributed by atoms with van der Waals surface area (Å²) in [6, 6.07) is 12.5. The van der Waals surface area contributed by atoms with Crippen LogP contribution in [0, 0.1) is 24.2 Å². The Labute approximate surface area is 293 Å². The van der Waals surface area contributed by atoms with Gasteiger partial charge in [0, 0.05) is 36.1 Å². The Balaban J connectivity index is 2.32. The molecule has 48 heavy (non-hydrogen) atoms. The number of thiol groups is 1. The first-order valence-corrected chi connectivity index (χ1v) is 18.3. The minimum atomic E-state index is -4.08. The molecule has 2 aromatic carbocycles. The van der Waals surface area contributed by atoms with Crippen molar-refractivity contribution in [1.82, 2.24) is 20.3 Å². The van der Waals surface area contributed by atoms with Gasteiger partial charge in [0.1, 0.15) is 6.04 Å². The summed E-state index contributed by atoms with van der Waals surface area (Å²) in [4.78, 5) is 42.6. The molecule has 0 aliphatic rings. The Hall–Kier alpha value is -3.35. The summed E-state index contributed by atoms with van der Waals surface area (Å²) in [5.74, 6) is -1.78. The maximum Gasteiger partial charge on any atom is 0.264 e. The standard InChI is InChI=1S/C36H55N5O5S2/c1-23(2)29(22-25(4)32(42)40-48(45,46)28-18-12-24(3)13-19-28)41(11)34(44)31(35(5,6)7)39-33(43)30(37-10)36(8,9)26-14-16-27(17-15-26)38-20-21-47/h12-19,22-23,25,30-31,37-38,47H,20-21H2,1-11H3,(H,39,43)(H,40,42)/b29-22+. The summed E-state index contributed by atoms with van der Waals surface area (Å²) < 4.78 is 27.8. The number of hydrogen-bond acceptors (Lipinski definition) is 8. The lowest BCUT2D eigenvalue weighted by molar-refractivity contribution is -0.138. The normalized spacial score (nSPS) is 14.6. The lowest BCUT2D eigenvalue weighted by atomic mass is 9.76. The van der Waals surface area contributed by atoms with Crippen molar-refractivity contribution in [3.63, 3.8) is 0 Å². The Morgan fingerprint density at radius 1 is 0.896 bits per heavy atom. The zero-order chi connectivity index (χ0) is 36.6. The maximum atomic E-state index is 14.2. The van der Waals surface area contributed by atoms with Crippen LogP contribution in [0.15, 0.2) is 65.2 Å². The van der Waals surface area contributed by atoms with E-state index in [0.717, 1.165) is 23.4 Å². The zero-order valence-electron chi connectivity index (χ0n) is 30.3. The van der Waals surface area contributed by atoms with E-state index in [-0.39, 0.29) is 22.6 Å². The van der Waals surface area contributed by atoms with Crippen molar-refractivity contribution < 1.29 is 22.8 Å². The fraction of sp³-hybridized carbons (Fsp3) is 0.528. The predicted octanol–water partition coefficient (Wildman–Crippen LogP) is 4.87. The molecule has 10 nitrogen and oxygen atoms in total. The van der Waals surface area contributed by atoms with Gasteiger partial charge in [-0.1, -0.05) is 84.4 Å². The molecular weight excluding hydrogens is 647 g/mol. The van der Waals surface area contributed by atoms with Crippen molar-refractivity contribution in [2.24, 2.45) is 17.3 Å². The van der Waals surface area contributed by atoms with E-state index in [1.54, 1.807) is 39.2 Å². The van der Waals surface area contributed by atoms with Gasteiger partial charge in [0.25, 0.3) is 10.0 Å². The summed E-state index contributed by atoms with van der Waals surface area (Å²) in [7, 11) is -0.749. The molecule has 0 heterocycles. The number of carbonyl (C=O) groups is 3. The second-order valence-corrected chi connectivity index (χ2v) is 16.3. The van der Waals surface area contributed by atoms with Gasteiger partial charge in [-0.25, -0.2) is 13.1 Å². The number of likely N-dealkylation sites (N-methyl/N-ethyl adjacent to an activating group) is 2. The number of nitrogens with one attached hydrogen (secondary N) is 4. The molecule has 0 spiro atoms. The second kappa shape index (κ2) is 16.8. The minimum Gasteiger partial charge on any atom is -0.384 e. The molecule has 3 atom stereocenters. The molecule has 0 aliphatic heterocycles. The van der Waals surface area contributed by atoms with Gasteiger partial charge in [-0.15, -0.1) is 0 Å². The van der Waals surface area contributed by atoms with Crippen molar-refractivity contribution in [2.45, 2.75) is 84.7 Å². The Morgan fingerprint density at radius 2 is 1.46 bits per heavy atom. The fourth-order valence-corrected chi connectivity index (χ4v) is 6.60. The third-order valence-electron chi connectivity index (χ3n) is 8.45. The molecule has 0 saturated carbocycles. The number of anilines is 1. The van der Waals surface area contributed by atoms with Crippen molar-refractivity contribution in [3.05, 3.63) is 71.4 Å². The molecule has 266 valence electrons. The lowest BCUT2D eigenvalue weighted by Crippen LogP contribution is -2.60. The quantitative estimate of drug-likeness (QED) is 0.167. The third-order valence-corrected chi connectivity index (χ3v) is 10.0. The minimum absolute atomic E-state index is 0.0147. The second-order valence-electron chi connectivity index (χ2n) is 14.2. The molecule has 0 saturated heterocycles. The number of aryl methyl sites for hydroxylation is 1. The largest absolute Gasteiger partial charge is 0.384 e. The predicted molar refractivity (Wildman–Crippen MR) is 197 cm³/mol. The highest BCUT2D eigenvalue weighted by molar-refractivity contribution is 7.90. The molecule has 3 unspecified atom stereocenters. The summed E-state index contributed by atoms with van der Waals surface area (Å²) in [6.07, 6.45) is 1.60. The van der Waals surface area contributed by atoms with E-state index >= 15 is 0 Å². The molecule has 0 fully saturated rings. The van der Waals surface area contributed by atoms with Gasteiger partial charge < -0.3 is 20.9 Å². The van der Waals surface area contributed by atoms with Crippen LogP contribution in [0.3, 0.4) is 0 Å². The van der Waals surface area contributed by atoms with E-state index in [4.69, 9.17) is 0 Å². The van der Waals surface area contributed by atoms with E-state index in [2.05, 4.69) is 33.3 Å². The van der Waals surface area contributed by atoms with Gasteiger partial charge in [0.2, 0.25) is 17.7 Å². The highest BCUT2D eigenvalue weighted by atomic mass is 32.2. The number of carbonyl (C=O) groups excluding carboxylic acids is 3. The average Bonchev–Trinajstić information content (AvgIpc) is 3.00. The summed E-state index contributed by atoms with van der Waals surface area (Å²) >= 11 is 4.24. The molecule has 2 rings (SSSR count). The molecule has 0 aliphatic carbocycles. The van der Waals surface area contributed by atoms with Crippen LogP contribution in [-0.4, -0.2) is 69.5 Å². The summed E-state index contributed by atoms with van der Waals surface area (Å²) in [6.45, 7) is 17.5. The van der Waals surface area contributed by atoms with E-state index in [9.17, 15) is 22.8 Å². The van der Waals surface area contributed by atoms with E-state index in [1.807, 2.05) is 79.7 Å². The van der Waals surface area contributed by atoms with Gasteiger partial charge in [-0.05, 0) is 62.1 Å². The number of nitrogens with zero attached hydrogens (tertiary/aromatic N) is 1. The molecular formula is C36H55N5O5S2. The van der Waals surface area contributed by atoms with Crippen LogP contribution in [0.5, 0.6) is 0 Å². The van der Waals surface area contributed by atoms with E-state index in [0.29, 0.717) is 11.4 Å². The van der Waals surface area contributed by atoms with Crippen LogP contribution in [0.1, 0.15) is 66.5 Å². The molecule has 3 amide bonds. The third kappa shape index (κ3) is 10.6. The van der Waals surface area contributed by atoms with Crippen LogP contribution in [0.2, 0.25) is 0 Å². The topological polar surface area (TPSA) is 137 Å². The molecule has 0 aromatic heterocycles. The lowest BCUT2D eigenvalue weighted by Gasteiger charge is -2.39. The first kappa shape index (κ1) is 40.8. The van der Waals surface area contributed by atoms with Crippen LogP contribution in [0.4, 0.5) is 5.69 Å². The van der Waals surface area contributed by atoms with Gasteiger partial charge in [-0.2, -0.15) is 12.6 Å². The number of hydrogen-bond donors (Lipinski definition) is 5. The number of sulfonamides is 1. The van der Waals surface area contributed by atoms with Gasteiger partial charge in [0.15, 0.2) is 0 Å². The highest BCUT2D eigenvalue weighted by Gasteiger charge is 2.41. The number of benzene rings is 2. The van der Waals surface area contributed by atoms with Crippen molar-refractivity contribution in [2.75, 3.05) is 31.7 Å². The molecule has 2 aromatic rings. The molecule has 0 bridgehead atoms. The highest BCUT2D eigenvalue weighted by Crippen LogP contribution is 2.30. The Morgan fingerprint density at radius 3 is 1.94 bits per heavy atom. The maximum absolute atomic E-state index is 14.2. The Kier molecular flexibility index (Phi) is 14.3. The van der Waals surface area contributed by atoms with Gasteiger partial charge >= 0.3 is 0 Å². The van der Waals surface area contributed by atoms with Crippen molar-refractivity contribution in [1.29, 1.82) is 0 Å².